The number of rotatable bonds is 2. The van der Waals surface area contributed by atoms with Crippen LogP contribution in [0.25, 0.3) is 15.9 Å². The summed E-state index contributed by atoms with van der Waals surface area (Å²) in [6.07, 6.45) is 4.73. The fraction of sp³-hybridized carbons (Fsp3) is 0.429. The van der Waals surface area contributed by atoms with Gasteiger partial charge in [0, 0.05) is 11.9 Å². The maximum atomic E-state index is 13.3. The molecule has 3 aromatic rings. The molecule has 2 aliphatic rings. The number of thiophene rings is 1. The van der Waals surface area contributed by atoms with Crippen LogP contribution in [0.5, 0.6) is 0 Å². The molecule has 2 fully saturated rings. The first-order valence-corrected chi connectivity index (χ1v) is 10.5. The molecule has 1 saturated heterocycles. The monoisotopic (exact) mass is 381 g/mol. The summed E-state index contributed by atoms with van der Waals surface area (Å²) in [6, 6.07) is 12.4. The maximum absolute atomic E-state index is 13.3. The minimum atomic E-state index is 0.149. The molecule has 6 heteroatoms. The number of amides is 1. The van der Waals surface area contributed by atoms with Crippen molar-refractivity contribution in [3.63, 3.8) is 0 Å². The van der Waals surface area contributed by atoms with Crippen molar-refractivity contribution in [3.05, 3.63) is 47.0 Å². The largest absolute Gasteiger partial charge is 0.374 e. The Morgan fingerprint density at radius 2 is 2.04 bits per heavy atom. The molecular weight excluding hydrogens is 358 g/mol. The molecule has 1 aliphatic carbocycles. The standard InChI is InChI=1S/C21H23N3O2S/c1-14-16-13-19(27-21(16)24(22-14)15-7-3-2-4-8-15)20(25)23-11-12-26-18-10-6-5-9-17(18)23/h2-4,7-8,13,17-18H,5-6,9-12H2,1H3. The van der Waals surface area contributed by atoms with E-state index in [1.54, 1.807) is 11.3 Å². The van der Waals surface area contributed by atoms with Crippen molar-refractivity contribution < 1.29 is 9.53 Å². The first-order chi connectivity index (χ1) is 13.2. The van der Waals surface area contributed by atoms with E-state index < -0.39 is 0 Å². The average Bonchev–Trinajstić information content (AvgIpc) is 3.28. The van der Waals surface area contributed by atoms with Crippen molar-refractivity contribution in [2.75, 3.05) is 13.2 Å². The Bertz CT molecular complexity index is 976. The first-order valence-electron chi connectivity index (χ1n) is 9.69. The molecule has 0 spiro atoms. The number of hydrogen-bond donors (Lipinski definition) is 0. The molecule has 1 aromatic carbocycles. The maximum Gasteiger partial charge on any atom is 0.264 e. The van der Waals surface area contributed by atoms with Crippen molar-refractivity contribution in [1.82, 2.24) is 14.7 Å². The average molecular weight is 382 g/mol. The summed E-state index contributed by atoms with van der Waals surface area (Å²) in [4.78, 5) is 17.2. The predicted octanol–water partition coefficient (Wildman–Crippen LogP) is 4.18. The van der Waals surface area contributed by atoms with Gasteiger partial charge in [-0.05, 0) is 38.0 Å². The number of benzene rings is 1. The summed E-state index contributed by atoms with van der Waals surface area (Å²) < 4.78 is 7.89. The molecule has 1 amide bonds. The number of aromatic nitrogens is 2. The molecule has 5 rings (SSSR count). The van der Waals surface area contributed by atoms with Crippen LogP contribution in [0.4, 0.5) is 0 Å². The lowest BCUT2D eigenvalue weighted by Gasteiger charge is -2.43. The van der Waals surface area contributed by atoms with Crippen LogP contribution in [-0.4, -0.2) is 45.9 Å². The van der Waals surface area contributed by atoms with E-state index in [-0.39, 0.29) is 18.1 Å². The van der Waals surface area contributed by atoms with Crippen LogP contribution >= 0.6 is 11.3 Å². The van der Waals surface area contributed by atoms with Gasteiger partial charge in [-0.1, -0.05) is 31.0 Å². The van der Waals surface area contributed by atoms with Crippen LogP contribution in [0.15, 0.2) is 36.4 Å². The molecule has 0 radical (unpaired) electrons. The van der Waals surface area contributed by atoms with Crippen LogP contribution in [0, 0.1) is 6.92 Å². The highest BCUT2D eigenvalue weighted by Crippen LogP contribution is 2.34. The van der Waals surface area contributed by atoms with E-state index in [2.05, 4.69) is 10.00 Å². The van der Waals surface area contributed by atoms with Gasteiger partial charge in [0.05, 0.1) is 35.0 Å². The summed E-state index contributed by atoms with van der Waals surface area (Å²) in [5.41, 5.74) is 1.98. The Labute approximate surface area is 162 Å². The Morgan fingerprint density at radius 3 is 2.89 bits per heavy atom. The summed E-state index contributed by atoms with van der Waals surface area (Å²) in [5, 5.41) is 5.75. The quantitative estimate of drug-likeness (QED) is 0.669. The zero-order chi connectivity index (χ0) is 18.4. The number of nitrogens with zero attached hydrogens (tertiary/aromatic N) is 3. The SMILES string of the molecule is Cc1nn(-c2ccccc2)c2sc(C(=O)N3CCOC4CCCCC43)cc12. The summed E-state index contributed by atoms with van der Waals surface area (Å²) in [6.45, 7) is 3.35. The summed E-state index contributed by atoms with van der Waals surface area (Å²) in [7, 11) is 0. The third-order valence-electron chi connectivity index (χ3n) is 5.75. The molecule has 5 nitrogen and oxygen atoms in total. The van der Waals surface area contributed by atoms with Gasteiger partial charge in [-0.15, -0.1) is 11.3 Å². The number of morpholine rings is 1. The van der Waals surface area contributed by atoms with Crippen LogP contribution in [0.3, 0.4) is 0 Å². The lowest BCUT2D eigenvalue weighted by molar-refractivity contribution is -0.0751. The van der Waals surface area contributed by atoms with Gasteiger partial charge in [-0.25, -0.2) is 4.68 Å². The minimum absolute atomic E-state index is 0.149. The fourth-order valence-electron chi connectivity index (χ4n) is 4.39. The molecule has 1 saturated carbocycles. The second-order valence-corrected chi connectivity index (χ2v) is 8.45. The van der Waals surface area contributed by atoms with E-state index >= 15 is 0 Å². The van der Waals surface area contributed by atoms with Gasteiger partial charge in [-0.3, -0.25) is 4.79 Å². The highest BCUT2D eigenvalue weighted by molar-refractivity contribution is 7.20. The second kappa shape index (κ2) is 6.77. The van der Waals surface area contributed by atoms with Crippen LogP contribution in [-0.2, 0) is 4.74 Å². The van der Waals surface area contributed by atoms with E-state index in [4.69, 9.17) is 4.74 Å². The number of carbonyl (C=O) groups excluding carboxylic acids is 1. The third-order valence-corrected chi connectivity index (χ3v) is 6.85. The number of carbonyl (C=O) groups is 1. The lowest BCUT2D eigenvalue weighted by atomic mass is 9.90. The molecule has 2 unspecified atom stereocenters. The molecule has 0 bridgehead atoms. The topological polar surface area (TPSA) is 47.4 Å². The van der Waals surface area contributed by atoms with Crippen molar-refractivity contribution in [3.8, 4) is 5.69 Å². The van der Waals surface area contributed by atoms with Gasteiger partial charge in [0.25, 0.3) is 5.91 Å². The molecule has 0 N–H and O–H groups in total. The van der Waals surface area contributed by atoms with E-state index in [0.29, 0.717) is 13.2 Å². The van der Waals surface area contributed by atoms with Gasteiger partial charge in [0.1, 0.15) is 4.83 Å². The molecule has 140 valence electrons. The fourth-order valence-corrected chi connectivity index (χ4v) is 5.53. The van der Waals surface area contributed by atoms with Gasteiger partial charge in [-0.2, -0.15) is 5.10 Å². The first kappa shape index (κ1) is 17.0. The Hall–Kier alpha value is -2.18. The van der Waals surface area contributed by atoms with Gasteiger partial charge >= 0.3 is 0 Å². The van der Waals surface area contributed by atoms with Gasteiger partial charge in [0.2, 0.25) is 0 Å². The Kier molecular flexibility index (Phi) is 4.25. The molecule has 1 aliphatic heterocycles. The van der Waals surface area contributed by atoms with Crippen molar-refractivity contribution >= 4 is 27.5 Å². The predicted molar refractivity (Wildman–Crippen MR) is 107 cm³/mol. The number of hydrogen-bond acceptors (Lipinski definition) is 4. The number of fused-ring (bicyclic) bond motifs is 2. The zero-order valence-electron chi connectivity index (χ0n) is 15.4. The molecular formula is C21H23N3O2S. The smallest absolute Gasteiger partial charge is 0.264 e. The number of ether oxygens (including phenoxy) is 1. The van der Waals surface area contributed by atoms with E-state index in [9.17, 15) is 4.79 Å². The van der Waals surface area contributed by atoms with Crippen LogP contribution in [0.1, 0.15) is 41.0 Å². The summed E-state index contributed by atoms with van der Waals surface area (Å²) in [5.74, 6) is 0.149. The van der Waals surface area contributed by atoms with Gasteiger partial charge in [0.15, 0.2) is 0 Å². The zero-order valence-corrected chi connectivity index (χ0v) is 16.2. The third kappa shape index (κ3) is 2.87. The lowest BCUT2D eigenvalue weighted by Crippen LogP contribution is -2.54. The van der Waals surface area contributed by atoms with E-state index in [0.717, 1.165) is 39.3 Å². The van der Waals surface area contributed by atoms with Crippen molar-refractivity contribution in [2.45, 2.75) is 44.8 Å². The normalized spacial score (nSPS) is 22.8. The minimum Gasteiger partial charge on any atom is -0.374 e. The molecule has 2 aromatic heterocycles. The van der Waals surface area contributed by atoms with Crippen molar-refractivity contribution in [1.29, 1.82) is 0 Å². The Morgan fingerprint density at radius 1 is 1.22 bits per heavy atom. The van der Waals surface area contributed by atoms with E-state index in [1.807, 2.05) is 48.0 Å². The molecule has 3 heterocycles. The molecule has 2 atom stereocenters. The number of aryl methyl sites for hydroxylation is 1. The van der Waals surface area contributed by atoms with E-state index in [1.165, 1.54) is 12.8 Å². The van der Waals surface area contributed by atoms with Gasteiger partial charge < -0.3 is 9.64 Å². The van der Waals surface area contributed by atoms with Crippen molar-refractivity contribution in [2.24, 2.45) is 0 Å². The second-order valence-electron chi connectivity index (χ2n) is 7.42. The highest BCUT2D eigenvalue weighted by Gasteiger charge is 2.37. The van der Waals surface area contributed by atoms with Crippen LogP contribution in [0.2, 0.25) is 0 Å². The highest BCUT2D eigenvalue weighted by atomic mass is 32.1. The Balaban J connectivity index is 1.51. The summed E-state index contributed by atoms with van der Waals surface area (Å²) >= 11 is 1.55. The van der Waals surface area contributed by atoms with Crippen LogP contribution < -0.4 is 0 Å². The number of para-hydroxylation sites is 1. The molecule has 27 heavy (non-hydrogen) atoms.